The topological polar surface area (TPSA) is 110 Å². The molecule has 1 aromatic carbocycles. The number of benzene rings is 1. The van der Waals surface area contributed by atoms with Crippen molar-refractivity contribution in [2.75, 3.05) is 11.9 Å². The predicted molar refractivity (Wildman–Crippen MR) is 143 cm³/mol. The molecule has 1 saturated heterocycles. The molecule has 2 amide bonds. The molecular weight excluding hydrogens is 555 g/mol. The maximum absolute atomic E-state index is 14.4. The van der Waals surface area contributed by atoms with Crippen molar-refractivity contribution < 1.29 is 18.8 Å². The molecule has 38 heavy (non-hydrogen) atoms. The van der Waals surface area contributed by atoms with Crippen LogP contribution in [0.4, 0.5) is 10.2 Å². The minimum Gasteiger partial charge on any atom is -0.326 e. The number of Topliss-reactive ketones (excluding diaryl/α,β-unsaturated/α-hetero) is 1. The van der Waals surface area contributed by atoms with Crippen LogP contribution in [0.2, 0.25) is 0 Å². The van der Waals surface area contributed by atoms with E-state index in [0.717, 1.165) is 16.8 Å². The molecule has 1 aliphatic heterocycles. The largest absolute Gasteiger partial charge is 0.326 e. The van der Waals surface area contributed by atoms with Gasteiger partial charge in [-0.15, -0.1) is 0 Å². The Labute approximate surface area is 226 Å². The van der Waals surface area contributed by atoms with Gasteiger partial charge in [0.1, 0.15) is 34.9 Å². The van der Waals surface area contributed by atoms with Crippen LogP contribution < -0.4 is 5.32 Å². The molecule has 0 saturated carbocycles. The number of pyridine rings is 2. The molecule has 1 fully saturated rings. The number of nitrogens with one attached hydrogen (secondary N) is 1. The fraction of sp³-hybridized carbons (Fsp3) is 0.259. The van der Waals surface area contributed by atoms with Gasteiger partial charge in [0.25, 0.3) is 0 Å². The zero-order valence-electron chi connectivity index (χ0n) is 20.7. The van der Waals surface area contributed by atoms with E-state index in [4.69, 9.17) is 0 Å². The number of hydrogen-bond acceptors (Lipinski definition) is 6. The second-order valence-electron chi connectivity index (χ2n) is 9.21. The Morgan fingerprint density at radius 2 is 1.92 bits per heavy atom. The Hall–Kier alpha value is -3.99. The maximum atomic E-state index is 14.4. The minimum absolute atomic E-state index is 0.112. The van der Waals surface area contributed by atoms with E-state index in [1.165, 1.54) is 16.5 Å². The highest BCUT2D eigenvalue weighted by molar-refractivity contribution is 9.10. The Balaban J connectivity index is 1.41. The van der Waals surface area contributed by atoms with Crippen molar-refractivity contribution in [2.24, 2.45) is 0 Å². The first-order valence-corrected chi connectivity index (χ1v) is 12.8. The molecule has 0 unspecified atom stereocenters. The number of anilines is 1. The van der Waals surface area contributed by atoms with Gasteiger partial charge in [-0.2, -0.15) is 5.10 Å². The lowest BCUT2D eigenvalue weighted by Crippen LogP contribution is -2.44. The molecule has 2 atom stereocenters. The first-order chi connectivity index (χ1) is 18.2. The van der Waals surface area contributed by atoms with E-state index in [2.05, 4.69) is 36.3 Å². The number of rotatable bonds is 6. The molecule has 5 rings (SSSR count). The summed E-state index contributed by atoms with van der Waals surface area (Å²) in [5.41, 5.74) is 3.52. The highest BCUT2D eigenvalue weighted by atomic mass is 79.9. The molecule has 0 aliphatic carbocycles. The quantitative estimate of drug-likeness (QED) is 0.269. The number of likely N-dealkylation sites (tertiary alicyclic amines) is 1. The van der Waals surface area contributed by atoms with Crippen molar-refractivity contribution in [3.63, 3.8) is 0 Å². The van der Waals surface area contributed by atoms with Gasteiger partial charge < -0.3 is 10.2 Å². The summed E-state index contributed by atoms with van der Waals surface area (Å²) in [6.45, 7) is 2.87. The summed E-state index contributed by atoms with van der Waals surface area (Å²) in [6.07, 6.45) is 0.272. The third-order valence-corrected chi connectivity index (χ3v) is 6.88. The molecule has 1 aliphatic rings. The van der Waals surface area contributed by atoms with Gasteiger partial charge in [-0.05, 0) is 70.4 Å². The Bertz CT molecular complexity index is 1570. The van der Waals surface area contributed by atoms with Gasteiger partial charge in [0.15, 0.2) is 5.78 Å². The highest BCUT2D eigenvalue weighted by Gasteiger charge is 2.40. The normalized spacial score (nSPS) is 17.1. The van der Waals surface area contributed by atoms with E-state index < -0.39 is 24.0 Å². The summed E-state index contributed by atoms with van der Waals surface area (Å²) in [7, 11) is 0. The van der Waals surface area contributed by atoms with Crippen LogP contribution in [0.25, 0.3) is 22.0 Å². The van der Waals surface area contributed by atoms with Gasteiger partial charge in [-0.3, -0.25) is 24.0 Å². The average molecular weight is 579 g/mol. The number of carbonyl (C=O) groups excluding carboxylic acids is 3. The standard InChI is InChI=1S/C27H24BrFN6O3/c1-15-10-18(8-9-30-15)17-6-7-21-20(11-17)26(16(2)36)33-35(21)14-25(37)34-13-19(29)12-22(34)27(38)32-24-5-3-4-23(28)31-24/h3-11,19,22H,12-14H2,1-2H3,(H,31,32,38)/t19-,22+/m1/s1. The van der Waals surface area contributed by atoms with Gasteiger partial charge in [0, 0.05) is 30.6 Å². The van der Waals surface area contributed by atoms with Gasteiger partial charge in [-0.25, -0.2) is 9.37 Å². The summed E-state index contributed by atoms with van der Waals surface area (Å²) in [5, 5.41) is 7.68. The van der Waals surface area contributed by atoms with Crippen LogP contribution >= 0.6 is 15.9 Å². The number of hydrogen-bond donors (Lipinski definition) is 1. The second kappa shape index (κ2) is 10.4. The van der Waals surface area contributed by atoms with E-state index in [1.54, 1.807) is 30.5 Å². The van der Waals surface area contributed by atoms with Gasteiger partial charge in [0.05, 0.1) is 12.1 Å². The Morgan fingerprint density at radius 1 is 1.13 bits per heavy atom. The average Bonchev–Trinajstić information content (AvgIpc) is 3.44. The summed E-state index contributed by atoms with van der Waals surface area (Å²) >= 11 is 3.25. The molecule has 4 aromatic rings. The zero-order valence-corrected chi connectivity index (χ0v) is 22.3. The highest BCUT2D eigenvalue weighted by Crippen LogP contribution is 2.28. The third kappa shape index (κ3) is 5.19. The van der Waals surface area contributed by atoms with Gasteiger partial charge in [-0.1, -0.05) is 12.1 Å². The van der Waals surface area contributed by atoms with Crippen molar-refractivity contribution in [2.45, 2.75) is 39.0 Å². The smallest absolute Gasteiger partial charge is 0.248 e. The molecule has 194 valence electrons. The van der Waals surface area contributed by atoms with Crippen molar-refractivity contribution in [3.05, 3.63) is 70.7 Å². The van der Waals surface area contributed by atoms with Crippen LogP contribution in [0.15, 0.2) is 59.3 Å². The van der Waals surface area contributed by atoms with Crippen LogP contribution in [0.1, 0.15) is 29.5 Å². The summed E-state index contributed by atoms with van der Waals surface area (Å²) in [4.78, 5) is 48.3. The van der Waals surface area contributed by atoms with E-state index >= 15 is 0 Å². The number of alkyl halides is 1. The molecular formula is C27H24BrFN6O3. The Kier molecular flexibility index (Phi) is 7.02. The molecule has 4 heterocycles. The monoisotopic (exact) mass is 578 g/mol. The molecule has 9 nitrogen and oxygen atoms in total. The van der Waals surface area contributed by atoms with Crippen molar-refractivity contribution in [3.8, 4) is 11.1 Å². The molecule has 0 bridgehead atoms. The lowest BCUT2D eigenvalue weighted by Gasteiger charge is -2.23. The molecule has 3 aromatic heterocycles. The van der Waals surface area contributed by atoms with Crippen molar-refractivity contribution >= 4 is 50.2 Å². The van der Waals surface area contributed by atoms with E-state index in [9.17, 15) is 18.8 Å². The van der Waals surface area contributed by atoms with Crippen LogP contribution in [0.3, 0.4) is 0 Å². The van der Waals surface area contributed by atoms with E-state index in [-0.39, 0.29) is 31.0 Å². The molecule has 11 heteroatoms. The lowest BCUT2D eigenvalue weighted by atomic mass is 10.0. The lowest BCUT2D eigenvalue weighted by molar-refractivity contribution is -0.137. The summed E-state index contributed by atoms with van der Waals surface area (Å²) in [5.74, 6) is -0.937. The predicted octanol–water partition coefficient (Wildman–Crippen LogP) is 4.34. The van der Waals surface area contributed by atoms with E-state index in [0.29, 0.717) is 21.3 Å². The first kappa shape index (κ1) is 25.7. The fourth-order valence-electron chi connectivity index (χ4n) is 4.68. The van der Waals surface area contributed by atoms with Crippen molar-refractivity contribution in [1.82, 2.24) is 24.6 Å². The van der Waals surface area contributed by atoms with Crippen LogP contribution in [-0.4, -0.2) is 61.0 Å². The number of halogens is 2. The second-order valence-corrected chi connectivity index (χ2v) is 10.0. The molecule has 0 spiro atoms. The maximum Gasteiger partial charge on any atom is 0.248 e. The Morgan fingerprint density at radius 3 is 2.66 bits per heavy atom. The van der Waals surface area contributed by atoms with Gasteiger partial charge in [0.2, 0.25) is 11.8 Å². The van der Waals surface area contributed by atoms with Gasteiger partial charge >= 0.3 is 0 Å². The van der Waals surface area contributed by atoms with Crippen molar-refractivity contribution in [1.29, 1.82) is 0 Å². The van der Waals surface area contributed by atoms with Crippen LogP contribution in [0.5, 0.6) is 0 Å². The number of nitrogens with zero attached hydrogens (tertiary/aromatic N) is 5. The molecule has 1 N–H and O–H groups in total. The number of fused-ring (bicyclic) bond motifs is 1. The zero-order chi connectivity index (χ0) is 27.0. The number of carbonyl (C=O) groups is 3. The first-order valence-electron chi connectivity index (χ1n) is 12.0. The van der Waals surface area contributed by atoms with E-state index in [1.807, 2.05) is 31.2 Å². The third-order valence-electron chi connectivity index (χ3n) is 6.44. The van der Waals surface area contributed by atoms with Crippen LogP contribution in [-0.2, 0) is 16.1 Å². The number of aromatic nitrogens is 4. The summed E-state index contributed by atoms with van der Waals surface area (Å²) < 4.78 is 16.4. The fourth-order valence-corrected chi connectivity index (χ4v) is 5.02. The minimum atomic E-state index is -1.33. The SMILES string of the molecule is CC(=O)c1nn(CC(=O)N2C[C@H](F)C[C@H]2C(=O)Nc2cccc(Br)n2)c2ccc(-c3ccnc(C)c3)cc12. The number of aryl methyl sites for hydroxylation is 1. The summed E-state index contributed by atoms with van der Waals surface area (Å²) in [6, 6.07) is 13.4. The van der Waals surface area contributed by atoms with Crippen LogP contribution in [0, 0.1) is 6.92 Å². The number of ketones is 1. The number of amides is 2. The molecule has 0 radical (unpaired) electrons.